The van der Waals surface area contributed by atoms with E-state index in [9.17, 15) is 4.79 Å². The number of benzene rings is 1. The molecule has 2 rings (SSSR count). The Morgan fingerprint density at radius 2 is 1.93 bits per heavy atom. The molecule has 0 bridgehead atoms. The third-order valence-corrected chi connectivity index (χ3v) is 1.58. The van der Waals surface area contributed by atoms with E-state index in [4.69, 9.17) is 10.0 Å². The molecule has 0 aliphatic rings. The molecule has 0 fully saturated rings. The van der Waals surface area contributed by atoms with Crippen molar-refractivity contribution in [2.75, 3.05) is 0 Å². The van der Waals surface area contributed by atoms with Crippen molar-refractivity contribution in [2.45, 2.75) is 0 Å². The molecule has 71 valence electrons. The van der Waals surface area contributed by atoms with E-state index in [0.717, 1.165) is 5.39 Å². The molecule has 3 N–H and O–H groups in total. The predicted octanol–water partition coefficient (Wildman–Crippen LogP) is -0.572. The lowest BCUT2D eigenvalue weighted by Gasteiger charge is -1.91. The van der Waals surface area contributed by atoms with Crippen LogP contribution in [0.25, 0.3) is 10.8 Å². The van der Waals surface area contributed by atoms with Gasteiger partial charge < -0.3 is 10.0 Å². The first-order chi connectivity index (χ1) is 6.79. The lowest BCUT2D eigenvalue weighted by molar-refractivity contribution is 0.448. The highest BCUT2D eigenvalue weighted by Gasteiger charge is 1.93. The van der Waals surface area contributed by atoms with Crippen molar-refractivity contribution < 1.29 is 10.0 Å². The van der Waals surface area contributed by atoms with Crippen LogP contribution in [0.15, 0.2) is 35.3 Å². The van der Waals surface area contributed by atoms with Gasteiger partial charge in [0.05, 0.1) is 6.20 Å². The topological polar surface area (TPSA) is 86.2 Å². The molecule has 2 aromatic rings. The van der Waals surface area contributed by atoms with Crippen molar-refractivity contribution in [1.82, 2.24) is 10.2 Å². The predicted molar refractivity (Wildman–Crippen MR) is 52.6 cm³/mol. The second-order valence-corrected chi connectivity index (χ2v) is 2.40. The quantitative estimate of drug-likeness (QED) is 0.486. The van der Waals surface area contributed by atoms with E-state index in [1.807, 2.05) is 18.2 Å². The Hall–Kier alpha value is -1.66. The Bertz CT molecular complexity index is 452. The summed E-state index contributed by atoms with van der Waals surface area (Å²) < 4.78 is 0. The number of nitrogens with zero attached hydrogens (tertiary/aromatic N) is 1. The second kappa shape index (κ2) is 5.16. The molecular weight excluding hydrogens is 183 g/mol. The first kappa shape index (κ1) is 10.4. The largest absolute Gasteiger partial charge is 0.482 e. The van der Waals surface area contributed by atoms with Crippen LogP contribution in [-0.4, -0.2) is 27.9 Å². The van der Waals surface area contributed by atoms with Crippen LogP contribution >= 0.6 is 0 Å². The van der Waals surface area contributed by atoms with E-state index in [2.05, 4.69) is 10.2 Å². The maximum absolute atomic E-state index is 11.1. The average molecular weight is 191 g/mol. The van der Waals surface area contributed by atoms with Gasteiger partial charge in [0, 0.05) is 10.8 Å². The van der Waals surface area contributed by atoms with E-state index in [1.165, 1.54) is 0 Å². The van der Waals surface area contributed by atoms with E-state index < -0.39 is 0 Å². The van der Waals surface area contributed by atoms with E-state index in [-0.39, 0.29) is 13.2 Å². The first-order valence-electron chi connectivity index (χ1n) is 3.82. The summed E-state index contributed by atoms with van der Waals surface area (Å²) in [6, 6.07) is 7.34. The first-order valence-corrected chi connectivity index (χ1v) is 3.82. The zero-order chi connectivity index (χ0) is 10.4. The minimum Gasteiger partial charge on any atom is -0.429 e. The zero-order valence-corrected chi connectivity index (χ0v) is 7.21. The van der Waals surface area contributed by atoms with Gasteiger partial charge in [-0.15, -0.1) is 0 Å². The highest BCUT2D eigenvalue weighted by Crippen LogP contribution is 2.04. The van der Waals surface area contributed by atoms with Gasteiger partial charge in [-0.3, -0.25) is 4.79 Å². The molecule has 0 spiro atoms. The summed E-state index contributed by atoms with van der Waals surface area (Å²) >= 11 is 0. The van der Waals surface area contributed by atoms with Crippen LogP contribution in [0.5, 0.6) is 0 Å². The van der Waals surface area contributed by atoms with Crippen molar-refractivity contribution in [1.29, 1.82) is 0 Å². The van der Waals surface area contributed by atoms with Crippen LogP contribution in [0.1, 0.15) is 0 Å². The maximum atomic E-state index is 11.1. The number of aromatic nitrogens is 2. The highest BCUT2D eigenvalue weighted by molar-refractivity contribution is 6.13. The van der Waals surface area contributed by atoms with Gasteiger partial charge in [-0.2, -0.15) is 5.10 Å². The smallest absolute Gasteiger partial charge is 0.429 e. The summed E-state index contributed by atoms with van der Waals surface area (Å²) in [5, 5.41) is 21.6. The summed E-state index contributed by atoms with van der Waals surface area (Å²) in [5.74, 6) is 0. The van der Waals surface area contributed by atoms with Gasteiger partial charge in [-0.25, -0.2) is 5.10 Å². The number of aromatic amines is 1. The maximum Gasteiger partial charge on any atom is 0.482 e. The SMILES string of the molecule is O=c1[nH]ncc2ccccc12.O[B]O. The van der Waals surface area contributed by atoms with Crippen molar-refractivity contribution in [2.24, 2.45) is 0 Å². The Kier molecular flexibility index (Phi) is 3.84. The number of H-pyrrole nitrogens is 1. The van der Waals surface area contributed by atoms with Crippen molar-refractivity contribution >= 4 is 18.5 Å². The van der Waals surface area contributed by atoms with Gasteiger partial charge in [0.15, 0.2) is 0 Å². The number of rotatable bonds is 0. The van der Waals surface area contributed by atoms with Crippen LogP contribution in [0.4, 0.5) is 0 Å². The third-order valence-electron chi connectivity index (χ3n) is 1.58. The molecule has 0 saturated carbocycles. The van der Waals surface area contributed by atoms with Gasteiger partial charge in [0.1, 0.15) is 0 Å². The molecule has 14 heavy (non-hydrogen) atoms. The van der Waals surface area contributed by atoms with Gasteiger partial charge in [0.2, 0.25) is 0 Å². The Morgan fingerprint density at radius 1 is 1.29 bits per heavy atom. The number of nitrogens with one attached hydrogen (secondary N) is 1. The molecule has 0 amide bonds. The molecule has 1 aromatic heterocycles. The minimum atomic E-state index is -0.136. The molecule has 5 nitrogen and oxygen atoms in total. The number of hydrogen-bond acceptors (Lipinski definition) is 4. The van der Waals surface area contributed by atoms with E-state index >= 15 is 0 Å². The fraction of sp³-hybridized carbons (Fsp3) is 0. The van der Waals surface area contributed by atoms with Gasteiger partial charge >= 0.3 is 7.69 Å². The summed E-state index contributed by atoms with van der Waals surface area (Å²) in [4.78, 5) is 11.1. The number of fused-ring (bicyclic) bond motifs is 1. The van der Waals surface area contributed by atoms with Gasteiger partial charge in [-0.05, 0) is 6.07 Å². The Morgan fingerprint density at radius 3 is 2.57 bits per heavy atom. The second-order valence-electron chi connectivity index (χ2n) is 2.40. The molecule has 1 aromatic carbocycles. The summed E-state index contributed by atoms with van der Waals surface area (Å²) in [7, 11) is 0. The van der Waals surface area contributed by atoms with Crippen LogP contribution in [0.2, 0.25) is 0 Å². The highest BCUT2D eigenvalue weighted by atomic mass is 16.4. The molecule has 1 heterocycles. The minimum absolute atomic E-state index is 0. The molecule has 0 atom stereocenters. The summed E-state index contributed by atoms with van der Waals surface area (Å²) in [6.45, 7) is 0. The van der Waals surface area contributed by atoms with Crippen LogP contribution in [0, 0.1) is 0 Å². The molecule has 6 heteroatoms. The molecule has 0 aliphatic carbocycles. The van der Waals surface area contributed by atoms with Crippen molar-refractivity contribution in [3.05, 3.63) is 40.8 Å². The number of hydrogen-bond donors (Lipinski definition) is 3. The normalized spacial score (nSPS) is 9.00. The molecule has 0 aliphatic heterocycles. The molecule has 1 radical (unpaired) electrons. The third kappa shape index (κ3) is 2.41. The fourth-order valence-corrected chi connectivity index (χ4v) is 1.04. The Labute approximate surface area is 80.3 Å². The monoisotopic (exact) mass is 191 g/mol. The lowest BCUT2D eigenvalue weighted by Crippen LogP contribution is -2.06. The van der Waals surface area contributed by atoms with Gasteiger partial charge in [0.25, 0.3) is 5.56 Å². The molecule has 0 saturated heterocycles. The zero-order valence-electron chi connectivity index (χ0n) is 7.21. The summed E-state index contributed by atoms with van der Waals surface area (Å²) in [6.07, 6.45) is 1.64. The molecular formula is C8H8BN2O3. The van der Waals surface area contributed by atoms with Crippen LogP contribution in [-0.2, 0) is 0 Å². The van der Waals surface area contributed by atoms with Crippen LogP contribution < -0.4 is 5.56 Å². The lowest BCUT2D eigenvalue weighted by atomic mass is 10.2. The van der Waals surface area contributed by atoms with Gasteiger partial charge in [-0.1, -0.05) is 18.2 Å². The fourth-order valence-electron chi connectivity index (χ4n) is 1.04. The van der Waals surface area contributed by atoms with Crippen molar-refractivity contribution in [3.63, 3.8) is 0 Å². The standard InChI is InChI=1S/C8H6N2O.BH2O2/c11-8-7-4-2-1-3-6(7)5-9-10-8;2-1-3/h1-5H,(H,10,11);2-3H. The van der Waals surface area contributed by atoms with E-state index in [1.54, 1.807) is 12.3 Å². The molecule has 0 unspecified atom stereocenters. The van der Waals surface area contributed by atoms with Crippen LogP contribution in [0.3, 0.4) is 0 Å². The average Bonchev–Trinajstić information content (AvgIpc) is 2.20. The van der Waals surface area contributed by atoms with E-state index in [0.29, 0.717) is 5.39 Å². The summed E-state index contributed by atoms with van der Waals surface area (Å²) in [5.41, 5.74) is -0.136. The Balaban J connectivity index is 0.000000293. The van der Waals surface area contributed by atoms with Crippen molar-refractivity contribution in [3.8, 4) is 0 Å².